The van der Waals surface area contributed by atoms with Crippen LogP contribution in [0.3, 0.4) is 0 Å². The second-order valence-corrected chi connectivity index (χ2v) is 5.86. The van der Waals surface area contributed by atoms with Gasteiger partial charge in [-0.15, -0.1) is 0 Å². The average Bonchev–Trinajstić information content (AvgIpc) is 2.16. The van der Waals surface area contributed by atoms with Crippen molar-refractivity contribution in [3.8, 4) is 0 Å². The molecule has 0 aliphatic carbocycles. The van der Waals surface area contributed by atoms with Crippen LogP contribution in [0.25, 0.3) is 0 Å². The Hall–Kier alpha value is -1.35. The smallest absolute Gasteiger partial charge is 0.325 e. The summed E-state index contributed by atoms with van der Waals surface area (Å²) in [7, 11) is -0.583. The van der Waals surface area contributed by atoms with Crippen molar-refractivity contribution in [2.45, 2.75) is 13.0 Å². The molecule has 0 saturated carbocycles. The third kappa shape index (κ3) is 6.07. The molecule has 0 spiro atoms. The first-order valence-electron chi connectivity index (χ1n) is 4.84. The van der Waals surface area contributed by atoms with Crippen LogP contribution in [0.2, 0.25) is 0 Å². The third-order valence-electron chi connectivity index (χ3n) is 1.92. The van der Waals surface area contributed by atoms with Gasteiger partial charge in [0, 0.05) is 20.6 Å². The summed E-state index contributed by atoms with van der Waals surface area (Å²) in [6.07, 6.45) is 0. The molecule has 0 aliphatic rings. The largest absolute Gasteiger partial charge is 0.480 e. The van der Waals surface area contributed by atoms with Crippen molar-refractivity contribution < 1.29 is 23.1 Å². The normalized spacial score (nSPS) is 13.2. The van der Waals surface area contributed by atoms with Crippen LogP contribution in [-0.2, 0) is 14.8 Å². The minimum Gasteiger partial charge on any atom is -0.480 e. The van der Waals surface area contributed by atoms with E-state index >= 15 is 0 Å². The number of hydrogen-bond donors (Lipinski definition) is 3. The van der Waals surface area contributed by atoms with Crippen molar-refractivity contribution in [2.24, 2.45) is 0 Å². The molecule has 1 atom stereocenters. The van der Waals surface area contributed by atoms with Crippen molar-refractivity contribution in [1.82, 2.24) is 14.9 Å². The molecule has 2 amide bonds. The van der Waals surface area contributed by atoms with E-state index in [4.69, 9.17) is 5.11 Å². The second-order valence-electron chi connectivity index (χ2n) is 3.56. The molecule has 0 rings (SSSR count). The zero-order valence-electron chi connectivity index (χ0n) is 9.93. The fraction of sp³-hybridized carbons (Fsp3) is 0.750. The summed E-state index contributed by atoms with van der Waals surface area (Å²) in [5.74, 6) is -1.41. The van der Waals surface area contributed by atoms with Crippen molar-refractivity contribution >= 4 is 22.0 Å². The Labute approximate surface area is 100 Å². The van der Waals surface area contributed by atoms with Crippen LogP contribution in [-0.4, -0.2) is 62.3 Å². The summed E-state index contributed by atoms with van der Waals surface area (Å²) in [4.78, 5) is 21.5. The number of sulfonamides is 1. The lowest BCUT2D eigenvalue weighted by atomic mass is 10.3. The number of hydrogen-bond acceptors (Lipinski definition) is 4. The SMILES string of the molecule is CC(NC(=O)NCCS(=O)(=O)N(C)C)C(=O)O. The summed E-state index contributed by atoms with van der Waals surface area (Å²) < 4.78 is 23.7. The molecule has 0 aromatic carbocycles. The maximum absolute atomic E-state index is 11.3. The number of nitrogens with one attached hydrogen (secondary N) is 2. The van der Waals surface area contributed by atoms with Gasteiger partial charge in [-0.25, -0.2) is 17.5 Å². The predicted molar refractivity (Wildman–Crippen MR) is 61.1 cm³/mol. The first-order chi connectivity index (χ1) is 7.66. The van der Waals surface area contributed by atoms with Crippen LogP contribution in [0.1, 0.15) is 6.92 Å². The van der Waals surface area contributed by atoms with Gasteiger partial charge in [0.2, 0.25) is 10.0 Å². The summed E-state index contributed by atoms with van der Waals surface area (Å²) in [5.41, 5.74) is 0. The molecule has 0 saturated heterocycles. The molecule has 1 unspecified atom stereocenters. The van der Waals surface area contributed by atoms with Gasteiger partial charge in [-0.2, -0.15) is 0 Å². The summed E-state index contributed by atoms with van der Waals surface area (Å²) in [6.45, 7) is 1.22. The van der Waals surface area contributed by atoms with Crippen molar-refractivity contribution in [1.29, 1.82) is 0 Å². The lowest BCUT2D eigenvalue weighted by molar-refractivity contribution is -0.138. The molecule has 9 heteroatoms. The van der Waals surface area contributed by atoms with Gasteiger partial charge >= 0.3 is 12.0 Å². The van der Waals surface area contributed by atoms with Gasteiger partial charge in [0.15, 0.2) is 0 Å². The highest BCUT2D eigenvalue weighted by Gasteiger charge is 2.16. The highest BCUT2D eigenvalue weighted by atomic mass is 32.2. The zero-order chi connectivity index (χ0) is 13.6. The van der Waals surface area contributed by atoms with E-state index in [0.717, 1.165) is 4.31 Å². The van der Waals surface area contributed by atoms with Gasteiger partial charge in [0.05, 0.1) is 5.75 Å². The molecular weight excluding hydrogens is 250 g/mol. The number of carbonyl (C=O) groups excluding carboxylic acids is 1. The van der Waals surface area contributed by atoms with Gasteiger partial charge in [-0.3, -0.25) is 4.79 Å². The van der Waals surface area contributed by atoms with E-state index in [-0.39, 0.29) is 12.3 Å². The summed E-state index contributed by atoms with van der Waals surface area (Å²) in [5, 5.41) is 12.9. The molecule has 0 aliphatic heterocycles. The highest BCUT2D eigenvalue weighted by molar-refractivity contribution is 7.89. The van der Waals surface area contributed by atoms with Crippen LogP contribution >= 0.6 is 0 Å². The van der Waals surface area contributed by atoms with E-state index in [1.165, 1.54) is 21.0 Å². The Morgan fingerprint density at radius 1 is 1.35 bits per heavy atom. The molecule has 3 N–H and O–H groups in total. The molecular formula is C8H17N3O5S. The van der Waals surface area contributed by atoms with E-state index in [2.05, 4.69) is 10.6 Å². The van der Waals surface area contributed by atoms with Crippen LogP contribution in [0, 0.1) is 0 Å². The van der Waals surface area contributed by atoms with E-state index in [0.29, 0.717) is 0 Å². The number of carbonyl (C=O) groups is 2. The lowest BCUT2D eigenvalue weighted by Gasteiger charge is -2.13. The van der Waals surface area contributed by atoms with E-state index in [1.807, 2.05) is 0 Å². The fourth-order valence-electron chi connectivity index (χ4n) is 0.786. The fourth-order valence-corrected chi connectivity index (χ4v) is 1.51. The number of carboxylic acid groups (broad SMARTS) is 1. The summed E-state index contributed by atoms with van der Waals surface area (Å²) >= 11 is 0. The molecule has 0 heterocycles. The Balaban J connectivity index is 3.99. The van der Waals surface area contributed by atoms with E-state index in [1.54, 1.807) is 0 Å². The average molecular weight is 267 g/mol. The maximum atomic E-state index is 11.3. The molecule has 100 valence electrons. The van der Waals surface area contributed by atoms with E-state index in [9.17, 15) is 18.0 Å². The molecule has 8 nitrogen and oxygen atoms in total. The lowest BCUT2D eigenvalue weighted by Crippen LogP contribution is -2.45. The molecule has 0 bridgehead atoms. The number of rotatable bonds is 6. The van der Waals surface area contributed by atoms with Crippen molar-refractivity contribution in [3.05, 3.63) is 0 Å². The number of carboxylic acids is 1. The van der Waals surface area contributed by atoms with Gasteiger partial charge < -0.3 is 15.7 Å². The Kier molecular flexibility index (Phi) is 5.89. The second kappa shape index (κ2) is 6.40. The summed E-state index contributed by atoms with van der Waals surface area (Å²) in [6, 6.07) is -1.74. The minimum atomic E-state index is -3.36. The number of amides is 2. The number of aliphatic carboxylic acids is 1. The van der Waals surface area contributed by atoms with Gasteiger partial charge in [-0.1, -0.05) is 0 Å². The quantitative estimate of drug-likeness (QED) is 0.550. The predicted octanol–water partition coefficient (Wildman–Crippen LogP) is -1.35. The Morgan fingerprint density at radius 2 is 1.88 bits per heavy atom. The van der Waals surface area contributed by atoms with Crippen LogP contribution < -0.4 is 10.6 Å². The number of nitrogens with zero attached hydrogens (tertiary/aromatic N) is 1. The maximum Gasteiger partial charge on any atom is 0.325 e. The van der Waals surface area contributed by atoms with Crippen LogP contribution in [0.4, 0.5) is 4.79 Å². The molecule has 17 heavy (non-hydrogen) atoms. The Bertz CT molecular complexity index is 379. The highest BCUT2D eigenvalue weighted by Crippen LogP contribution is 1.92. The Morgan fingerprint density at radius 3 is 2.29 bits per heavy atom. The van der Waals surface area contributed by atoms with Gasteiger partial charge in [0.1, 0.15) is 6.04 Å². The molecule has 0 aromatic rings. The first kappa shape index (κ1) is 15.7. The first-order valence-corrected chi connectivity index (χ1v) is 6.45. The monoisotopic (exact) mass is 267 g/mol. The zero-order valence-corrected chi connectivity index (χ0v) is 10.7. The van der Waals surface area contributed by atoms with Crippen LogP contribution in [0.5, 0.6) is 0 Å². The van der Waals surface area contributed by atoms with Gasteiger partial charge in [0.25, 0.3) is 0 Å². The molecule has 0 fully saturated rings. The topological polar surface area (TPSA) is 116 Å². The minimum absolute atomic E-state index is 0.0846. The van der Waals surface area contributed by atoms with Crippen molar-refractivity contribution in [3.63, 3.8) is 0 Å². The molecule has 0 aromatic heterocycles. The third-order valence-corrected chi connectivity index (χ3v) is 3.75. The van der Waals surface area contributed by atoms with Crippen LogP contribution in [0.15, 0.2) is 0 Å². The molecule has 0 radical (unpaired) electrons. The standard InChI is InChI=1S/C8H17N3O5S/c1-6(7(12)13)10-8(14)9-4-5-17(15,16)11(2)3/h6H,4-5H2,1-3H3,(H,12,13)(H2,9,10,14). The van der Waals surface area contributed by atoms with Gasteiger partial charge in [-0.05, 0) is 6.92 Å². The van der Waals surface area contributed by atoms with E-state index < -0.39 is 28.1 Å². The number of urea groups is 1. The van der Waals surface area contributed by atoms with Crippen molar-refractivity contribution in [2.75, 3.05) is 26.4 Å².